The Bertz CT molecular complexity index is 535. The number of halogens is 4. The number of hydrogen-bond donors (Lipinski definition) is 2. The average molecular weight is 370 g/mol. The predicted molar refractivity (Wildman–Crippen MR) is 87.9 cm³/mol. The van der Waals surface area contributed by atoms with Crippen LogP contribution in [0.2, 0.25) is 5.02 Å². The molecule has 1 saturated heterocycles. The first-order valence-electron chi connectivity index (χ1n) is 6.94. The van der Waals surface area contributed by atoms with Crippen molar-refractivity contribution in [2.24, 2.45) is 0 Å². The number of carbonyl (C=O) groups excluding carboxylic acids is 1. The van der Waals surface area contributed by atoms with Crippen LogP contribution in [0, 0.1) is 0 Å². The van der Waals surface area contributed by atoms with E-state index in [-0.39, 0.29) is 41.7 Å². The van der Waals surface area contributed by atoms with Crippen LogP contribution in [0.15, 0.2) is 18.2 Å². The van der Waals surface area contributed by atoms with Crippen LogP contribution in [0.1, 0.15) is 6.92 Å². The molecule has 1 fully saturated rings. The van der Waals surface area contributed by atoms with Gasteiger partial charge in [0.1, 0.15) is 5.75 Å². The Morgan fingerprint density at radius 2 is 2.30 bits per heavy atom. The summed E-state index contributed by atoms with van der Waals surface area (Å²) in [6, 6.07) is 4.45. The number of ether oxygens (including phenoxy) is 1. The van der Waals surface area contributed by atoms with Crippen molar-refractivity contribution in [1.29, 1.82) is 0 Å². The molecule has 1 aromatic carbocycles. The molecular formula is C14H19Cl2F2N3O2. The highest BCUT2D eigenvalue weighted by atomic mass is 35.5. The summed E-state index contributed by atoms with van der Waals surface area (Å²) >= 11 is 5.84. The molecule has 1 aliphatic rings. The van der Waals surface area contributed by atoms with E-state index in [1.165, 1.54) is 18.2 Å². The number of amides is 1. The Hall–Kier alpha value is -1.15. The zero-order valence-corrected chi connectivity index (χ0v) is 14.1. The van der Waals surface area contributed by atoms with Crippen molar-refractivity contribution >= 4 is 35.6 Å². The Balaban J connectivity index is 0.00000264. The van der Waals surface area contributed by atoms with E-state index in [0.29, 0.717) is 5.69 Å². The minimum Gasteiger partial charge on any atom is -0.433 e. The minimum atomic E-state index is -2.94. The Morgan fingerprint density at radius 1 is 1.57 bits per heavy atom. The summed E-state index contributed by atoms with van der Waals surface area (Å²) in [7, 11) is 0. The fraction of sp³-hybridized carbons (Fsp3) is 0.500. The molecule has 130 valence electrons. The highest BCUT2D eigenvalue weighted by Crippen LogP contribution is 2.28. The van der Waals surface area contributed by atoms with Crippen LogP contribution in [0.4, 0.5) is 14.5 Å². The first kappa shape index (κ1) is 19.9. The van der Waals surface area contributed by atoms with Gasteiger partial charge in [-0.1, -0.05) is 11.6 Å². The van der Waals surface area contributed by atoms with Gasteiger partial charge in [-0.3, -0.25) is 9.69 Å². The smallest absolute Gasteiger partial charge is 0.387 e. The van der Waals surface area contributed by atoms with Crippen LogP contribution in [0.5, 0.6) is 5.75 Å². The molecule has 9 heteroatoms. The van der Waals surface area contributed by atoms with Crippen LogP contribution < -0.4 is 15.4 Å². The highest BCUT2D eigenvalue weighted by Gasteiger charge is 2.20. The summed E-state index contributed by atoms with van der Waals surface area (Å²) in [5.74, 6) is -0.294. The van der Waals surface area contributed by atoms with Crippen molar-refractivity contribution in [1.82, 2.24) is 10.2 Å². The maximum absolute atomic E-state index is 12.1. The number of rotatable bonds is 5. The van der Waals surface area contributed by atoms with Crippen LogP contribution in [0.3, 0.4) is 0 Å². The number of carbonyl (C=O) groups is 1. The summed E-state index contributed by atoms with van der Waals surface area (Å²) in [6.45, 7) is 1.88. The van der Waals surface area contributed by atoms with Gasteiger partial charge in [-0.15, -0.1) is 12.4 Å². The zero-order chi connectivity index (χ0) is 16.1. The lowest BCUT2D eigenvalue weighted by atomic mass is 10.2. The number of anilines is 1. The van der Waals surface area contributed by atoms with E-state index >= 15 is 0 Å². The zero-order valence-electron chi connectivity index (χ0n) is 12.5. The molecular weight excluding hydrogens is 351 g/mol. The average Bonchev–Trinajstić information content (AvgIpc) is 2.44. The molecule has 1 amide bonds. The number of nitrogens with one attached hydrogen (secondary N) is 2. The third-order valence-electron chi connectivity index (χ3n) is 3.42. The quantitative estimate of drug-likeness (QED) is 0.837. The van der Waals surface area contributed by atoms with Gasteiger partial charge in [0.15, 0.2) is 0 Å². The molecule has 2 rings (SSSR count). The second kappa shape index (κ2) is 9.22. The Morgan fingerprint density at radius 3 is 2.91 bits per heavy atom. The molecule has 23 heavy (non-hydrogen) atoms. The van der Waals surface area contributed by atoms with E-state index in [1.807, 2.05) is 6.92 Å². The molecule has 0 bridgehead atoms. The number of hydrogen-bond acceptors (Lipinski definition) is 4. The number of nitrogens with zero attached hydrogens (tertiary/aromatic N) is 1. The van der Waals surface area contributed by atoms with Gasteiger partial charge in [0, 0.05) is 31.4 Å². The van der Waals surface area contributed by atoms with E-state index in [9.17, 15) is 13.6 Å². The molecule has 5 nitrogen and oxygen atoms in total. The Kier molecular flexibility index (Phi) is 7.98. The van der Waals surface area contributed by atoms with Crippen LogP contribution >= 0.6 is 24.0 Å². The summed E-state index contributed by atoms with van der Waals surface area (Å²) < 4.78 is 28.5. The standard InChI is InChI=1S/C14H18ClF2N3O2.ClH/c1-9-7-18-4-5-20(9)8-13(21)19-10-2-3-12(11(15)6-10)22-14(16)17;/h2-3,6,9,14,18H,4-5,7-8H2,1H3,(H,19,21);1H/t9-;/m1./s1. The lowest BCUT2D eigenvalue weighted by molar-refractivity contribution is -0.118. The summed E-state index contributed by atoms with van der Waals surface area (Å²) in [4.78, 5) is 14.1. The largest absolute Gasteiger partial charge is 0.433 e. The molecule has 0 aromatic heterocycles. The lowest BCUT2D eigenvalue weighted by Crippen LogP contribution is -2.51. The van der Waals surface area contributed by atoms with Crippen molar-refractivity contribution in [2.45, 2.75) is 19.6 Å². The highest BCUT2D eigenvalue weighted by molar-refractivity contribution is 6.32. The molecule has 0 radical (unpaired) electrons. The van der Waals surface area contributed by atoms with Crippen LogP contribution in [-0.4, -0.2) is 49.6 Å². The van der Waals surface area contributed by atoms with Crippen molar-refractivity contribution < 1.29 is 18.3 Å². The SMILES string of the molecule is C[C@@H]1CNCCN1CC(=O)Nc1ccc(OC(F)F)c(Cl)c1.Cl. The number of alkyl halides is 2. The van der Waals surface area contributed by atoms with Gasteiger partial charge in [-0.25, -0.2) is 0 Å². The van der Waals surface area contributed by atoms with Crippen LogP contribution in [-0.2, 0) is 4.79 Å². The van der Waals surface area contributed by atoms with Crippen molar-refractivity contribution in [3.8, 4) is 5.75 Å². The van der Waals surface area contributed by atoms with E-state index in [4.69, 9.17) is 11.6 Å². The summed E-state index contributed by atoms with van der Waals surface area (Å²) in [5, 5.41) is 5.98. The predicted octanol–water partition coefficient (Wildman–Crippen LogP) is 2.60. The second-order valence-electron chi connectivity index (χ2n) is 5.10. The van der Waals surface area contributed by atoms with Gasteiger partial charge < -0.3 is 15.4 Å². The van der Waals surface area contributed by atoms with Crippen molar-refractivity contribution in [3.05, 3.63) is 23.2 Å². The van der Waals surface area contributed by atoms with Gasteiger partial charge in [0.05, 0.1) is 11.6 Å². The van der Waals surface area contributed by atoms with E-state index in [1.54, 1.807) is 0 Å². The topological polar surface area (TPSA) is 53.6 Å². The molecule has 1 aliphatic heterocycles. The molecule has 0 aliphatic carbocycles. The first-order chi connectivity index (χ1) is 10.5. The number of piperazine rings is 1. The van der Waals surface area contributed by atoms with E-state index in [0.717, 1.165) is 19.6 Å². The van der Waals surface area contributed by atoms with Gasteiger partial charge in [0.25, 0.3) is 0 Å². The monoisotopic (exact) mass is 369 g/mol. The molecule has 2 N–H and O–H groups in total. The van der Waals surface area contributed by atoms with Crippen molar-refractivity contribution in [2.75, 3.05) is 31.5 Å². The first-order valence-corrected chi connectivity index (χ1v) is 7.32. The van der Waals surface area contributed by atoms with E-state index < -0.39 is 6.61 Å². The normalized spacial score (nSPS) is 18.4. The lowest BCUT2D eigenvalue weighted by Gasteiger charge is -2.33. The maximum Gasteiger partial charge on any atom is 0.387 e. The minimum absolute atomic E-state index is 0. The van der Waals surface area contributed by atoms with Crippen molar-refractivity contribution in [3.63, 3.8) is 0 Å². The molecule has 0 spiro atoms. The molecule has 1 heterocycles. The molecule has 0 saturated carbocycles. The third kappa shape index (κ3) is 6.10. The van der Waals surface area contributed by atoms with E-state index in [2.05, 4.69) is 20.3 Å². The Labute approximate surface area is 144 Å². The van der Waals surface area contributed by atoms with Gasteiger partial charge in [-0.2, -0.15) is 8.78 Å². The van der Waals surface area contributed by atoms with Gasteiger partial charge in [-0.05, 0) is 25.1 Å². The third-order valence-corrected chi connectivity index (χ3v) is 3.71. The van der Waals surface area contributed by atoms with Gasteiger partial charge in [0.2, 0.25) is 5.91 Å². The maximum atomic E-state index is 12.1. The second-order valence-corrected chi connectivity index (χ2v) is 5.50. The molecule has 0 unspecified atom stereocenters. The fourth-order valence-electron chi connectivity index (χ4n) is 2.27. The van der Waals surface area contributed by atoms with Gasteiger partial charge >= 0.3 is 6.61 Å². The van der Waals surface area contributed by atoms with Crippen LogP contribution in [0.25, 0.3) is 0 Å². The summed E-state index contributed by atoms with van der Waals surface area (Å²) in [5.41, 5.74) is 0.444. The summed E-state index contributed by atoms with van der Waals surface area (Å²) in [6.07, 6.45) is 0. The fourth-order valence-corrected chi connectivity index (χ4v) is 2.50. The number of benzene rings is 1. The molecule has 1 aromatic rings. The molecule has 1 atom stereocenters.